The fraction of sp³-hybridized carbons (Fsp3) is 0.400. The van der Waals surface area contributed by atoms with Crippen LogP contribution >= 0.6 is 0 Å². The molecule has 0 spiro atoms. The van der Waals surface area contributed by atoms with Crippen LogP contribution in [0.3, 0.4) is 0 Å². The molecule has 1 aliphatic heterocycles. The van der Waals surface area contributed by atoms with Crippen molar-refractivity contribution in [3.05, 3.63) is 58.9 Å². The lowest BCUT2D eigenvalue weighted by atomic mass is 9.91. The molecule has 1 fully saturated rings. The van der Waals surface area contributed by atoms with Crippen LogP contribution in [0.4, 0.5) is 14.5 Å². The van der Waals surface area contributed by atoms with Gasteiger partial charge in [0.15, 0.2) is 0 Å². The van der Waals surface area contributed by atoms with E-state index in [0.29, 0.717) is 35.6 Å². The van der Waals surface area contributed by atoms with E-state index >= 15 is 0 Å². The van der Waals surface area contributed by atoms with Crippen molar-refractivity contribution in [2.24, 2.45) is 0 Å². The second-order valence-electron chi connectivity index (χ2n) is 7.32. The predicted octanol–water partition coefficient (Wildman–Crippen LogP) is 3.84. The normalized spacial score (nSPS) is 20.5. The first-order chi connectivity index (χ1) is 12.5. The summed E-state index contributed by atoms with van der Waals surface area (Å²) in [7, 11) is 0. The van der Waals surface area contributed by atoms with Gasteiger partial charge in [0.05, 0.1) is 17.3 Å². The van der Waals surface area contributed by atoms with Gasteiger partial charge in [-0.25, -0.2) is 8.78 Å². The lowest BCUT2D eigenvalue weighted by molar-refractivity contribution is 0.102. The molecular formula is C20H21F2N3O. The smallest absolute Gasteiger partial charge is 0.255 e. The molecule has 2 aliphatic rings. The Morgan fingerprint density at radius 2 is 2.12 bits per heavy atom. The van der Waals surface area contributed by atoms with E-state index in [4.69, 9.17) is 0 Å². The quantitative estimate of drug-likeness (QED) is 0.874. The topological polar surface area (TPSA) is 54.0 Å². The van der Waals surface area contributed by atoms with E-state index in [9.17, 15) is 13.6 Å². The van der Waals surface area contributed by atoms with Gasteiger partial charge in [-0.05, 0) is 53.6 Å². The number of benzene rings is 1. The van der Waals surface area contributed by atoms with Crippen LogP contribution in [0.5, 0.6) is 0 Å². The Hall–Kier alpha value is -2.34. The van der Waals surface area contributed by atoms with Crippen LogP contribution in [0.15, 0.2) is 36.7 Å². The molecule has 2 aromatic rings. The Balaban J connectivity index is 1.54. The fourth-order valence-electron chi connectivity index (χ4n) is 3.67. The van der Waals surface area contributed by atoms with Crippen LogP contribution in [0, 0.1) is 0 Å². The van der Waals surface area contributed by atoms with Gasteiger partial charge in [0, 0.05) is 24.8 Å². The fourth-order valence-corrected chi connectivity index (χ4v) is 3.67. The molecule has 4 nitrogen and oxygen atoms in total. The molecule has 6 heteroatoms. The Morgan fingerprint density at radius 1 is 1.31 bits per heavy atom. The van der Waals surface area contributed by atoms with Crippen molar-refractivity contribution in [3.63, 3.8) is 0 Å². The maximum atomic E-state index is 13.3. The van der Waals surface area contributed by atoms with E-state index in [1.165, 1.54) is 18.0 Å². The van der Waals surface area contributed by atoms with Crippen molar-refractivity contribution in [2.45, 2.75) is 44.1 Å². The summed E-state index contributed by atoms with van der Waals surface area (Å²) in [5.74, 6) is 0.160. The van der Waals surface area contributed by atoms with Gasteiger partial charge >= 0.3 is 0 Å². The number of nitrogens with one attached hydrogen (secondary N) is 2. The number of fused-ring (bicyclic) bond motifs is 1. The number of hydrogen-bond donors (Lipinski definition) is 2. The number of halogens is 2. The summed E-state index contributed by atoms with van der Waals surface area (Å²) in [6.07, 6.45) is 1.47. The number of hydrogen-bond acceptors (Lipinski definition) is 3. The van der Waals surface area contributed by atoms with E-state index in [2.05, 4.69) is 22.5 Å². The zero-order valence-corrected chi connectivity index (χ0v) is 14.6. The van der Waals surface area contributed by atoms with E-state index in [1.54, 1.807) is 6.07 Å². The number of nitrogens with zero attached hydrogens (tertiary/aromatic N) is 1. The molecule has 0 unspecified atom stereocenters. The zero-order chi connectivity index (χ0) is 18.3. The highest BCUT2D eigenvalue weighted by atomic mass is 19.3. The molecule has 1 aromatic carbocycles. The first-order valence-electron chi connectivity index (χ1n) is 8.88. The number of anilines is 1. The lowest BCUT2D eigenvalue weighted by Gasteiger charge is -2.23. The lowest BCUT2D eigenvalue weighted by Crippen LogP contribution is -2.27. The molecule has 136 valence electrons. The highest BCUT2D eigenvalue weighted by Crippen LogP contribution is 2.52. The number of aromatic nitrogens is 1. The summed E-state index contributed by atoms with van der Waals surface area (Å²) in [5, 5.41) is 6.12. The molecule has 0 saturated heterocycles. The first-order valence-corrected chi connectivity index (χ1v) is 8.88. The van der Waals surface area contributed by atoms with Gasteiger partial charge in [-0.15, -0.1) is 0 Å². The van der Waals surface area contributed by atoms with Crippen molar-refractivity contribution in [2.75, 3.05) is 11.9 Å². The molecule has 2 heterocycles. The molecule has 2 N–H and O–H groups in total. The Kier molecular flexibility index (Phi) is 4.23. The van der Waals surface area contributed by atoms with E-state index in [0.717, 1.165) is 18.7 Å². The van der Waals surface area contributed by atoms with Crippen molar-refractivity contribution >= 4 is 11.6 Å². The van der Waals surface area contributed by atoms with Crippen molar-refractivity contribution in [1.29, 1.82) is 0 Å². The summed E-state index contributed by atoms with van der Waals surface area (Å²) in [6.45, 7) is 3.83. The molecule has 1 aliphatic carbocycles. The molecule has 0 radical (unpaired) electrons. The summed E-state index contributed by atoms with van der Waals surface area (Å²) < 4.78 is 26.6. The third-order valence-corrected chi connectivity index (χ3v) is 5.48. The number of amides is 1. The first kappa shape index (κ1) is 17.1. The van der Waals surface area contributed by atoms with Crippen LogP contribution in [0.1, 0.15) is 52.7 Å². The average Bonchev–Trinajstić information content (AvgIpc) is 3.44. The summed E-state index contributed by atoms with van der Waals surface area (Å²) in [6, 6.07) is 7.33. The molecule has 4 rings (SSSR count). The second kappa shape index (κ2) is 6.43. The molecule has 1 atom stereocenters. The zero-order valence-electron chi connectivity index (χ0n) is 14.6. The number of carbonyl (C=O) groups excluding carboxylic acids is 1. The number of alkyl halides is 2. The Morgan fingerprint density at radius 3 is 2.85 bits per heavy atom. The van der Waals surface area contributed by atoms with Crippen LogP contribution in [-0.2, 0) is 12.0 Å². The number of carbonyl (C=O) groups is 1. The van der Waals surface area contributed by atoms with E-state index in [-0.39, 0.29) is 5.91 Å². The maximum Gasteiger partial charge on any atom is 0.255 e. The minimum absolute atomic E-state index is 0.258. The van der Waals surface area contributed by atoms with Crippen LogP contribution < -0.4 is 10.6 Å². The third kappa shape index (κ3) is 2.98. The Labute approximate surface area is 151 Å². The minimum atomic E-state index is -2.41. The van der Waals surface area contributed by atoms with Crippen LogP contribution in [0.25, 0.3) is 0 Å². The van der Waals surface area contributed by atoms with E-state index in [1.807, 2.05) is 18.2 Å². The molecule has 1 saturated carbocycles. The molecule has 1 amide bonds. The minimum Gasteiger partial charge on any atom is -0.321 e. The van der Waals surface area contributed by atoms with Gasteiger partial charge in [-0.1, -0.05) is 13.0 Å². The molecule has 26 heavy (non-hydrogen) atoms. The standard InChI is InChI=1S/C20H21F2N3O/c1-12-8-23-9-14-6-13(2-3-17(12)14)18(26)25-16-7-15(10-24-11-16)20(4-5-20)19(21)22/h2-3,6-7,10-12,19,23H,4-5,8-9H2,1H3,(H,25,26)/t12-/m0/s1. The van der Waals surface area contributed by atoms with Crippen LogP contribution in [0.2, 0.25) is 0 Å². The highest BCUT2D eigenvalue weighted by Gasteiger charge is 2.52. The largest absolute Gasteiger partial charge is 0.321 e. The van der Waals surface area contributed by atoms with Gasteiger partial charge in [-0.2, -0.15) is 0 Å². The SMILES string of the molecule is C[C@H]1CNCc2cc(C(=O)Nc3cncc(C4(C(F)F)CC4)c3)ccc21. The molecular weight excluding hydrogens is 336 g/mol. The van der Waals surface area contributed by atoms with Gasteiger partial charge in [0.25, 0.3) is 5.91 Å². The summed E-state index contributed by atoms with van der Waals surface area (Å²) in [4.78, 5) is 16.6. The van der Waals surface area contributed by atoms with Gasteiger partial charge in [-0.3, -0.25) is 9.78 Å². The van der Waals surface area contributed by atoms with Crippen molar-refractivity contribution in [1.82, 2.24) is 10.3 Å². The van der Waals surface area contributed by atoms with Crippen molar-refractivity contribution < 1.29 is 13.6 Å². The number of pyridine rings is 1. The second-order valence-corrected chi connectivity index (χ2v) is 7.32. The highest BCUT2D eigenvalue weighted by molar-refractivity contribution is 6.04. The Bertz CT molecular complexity index is 849. The average molecular weight is 357 g/mol. The summed E-state index contributed by atoms with van der Waals surface area (Å²) in [5.41, 5.74) is 2.80. The van der Waals surface area contributed by atoms with Gasteiger partial charge < -0.3 is 10.6 Å². The molecule has 0 bridgehead atoms. The van der Waals surface area contributed by atoms with Gasteiger partial charge in [0.2, 0.25) is 6.43 Å². The summed E-state index contributed by atoms with van der Waals surface area (Å²) >= 11 is 0. The van der Waals surface area contributed by atoms with Gasteiger partial charge in [0.1, 0.15) is 0 Å². The van der Waals surface area contributed by atoms with Crippen molar-refractivity contribution in [3.8, 4) is 0 Å². The molecule has 1 aromatic heterocycles. The van der Waals surface area contributed by atoms with E-state index < -0.39 is 11.8 Å². The third-order valence-electron chi connectivity index (χ3n) is 5.48. The predicted molar refractivity (Wildman–Crippen MR) is 95.7 cm³/mol. The van der Waals surface area contributed by atoms with Crippen LogP contribution in [-0.4, -0.2) is 23.9 Å². The number of rotatable bonds is 4. The maximum absolute atomic E-state index is 13.3. The monoisotopic (exact) mass is 357 g/mol.